The molecule has 2 aromatic carbocycles. The molecule has 0 aliphatic rings. The Bertz CT molecular complexity index is 634. The van der Waals surface area contributed by atoms with E-state index in [9.17, 15) is 0 Å². The second-order valence-corrected chi connectivity index (χ2v) is 6.13. The summed E-state index contributed by atoms with van der Waals surface area (Å²) in [5.41, 5.74) is 12.4. The van der Waals surface area contributed by atoms with Crippen LogP contribution in [0.2, 0.25) is 0 Å². The van der Waals surface area contributed by atoms with E-state index in [1.807, 2.05) is 0 Å². The third-order valence-electron chi connectivity index (χ3n) is 4.43. The lowest BCUT2D eigenvalue weighted by Crippen LogP contribution is -2.16. The van der Waals surface area contributed by atoms with Gasteiger partial charge in [-0.3, -0.25) is 0 Å². The SMILES string of the molecule is Cc1cc(C)c(OCCC(CN)c2ccccc2C)cc1C. The van der Waals surface area contributed by atoms with Crippen molar-refractivity contribution in [1.82, 2.24) is 0 Å². The third kappa shape index (κ3) is 3.89. The lowest BCUT2D eigenvalue weighted by Gasteiger charge is -2.18. The van der Waals surface area contributed by atoms with Gasteiger partial charge in [-0.2, -0.15) is 0 Å². The molecule has 1 unspecified atom stereocenters. The first-order valence-electron chi connectivity index (χ1n) is 7.99. The molecule has 0 spiro atoms. The van der Waals surface area contributed by atoms with E-state index in [0.717, 1.165) is 12.2 Å². The molecule has 0 aromatic heterocycles. The lowest BCUT2D eigenvalue weighted by atomic mass is 9.92. The summed E-state index contributed by atoms with van der Waals surface area (Å²) in [4.78, 5) is 0. The van der Waals surface area contributed by atoms with Gasteiger partial charge in [0.1, 0.15) is 5.75 Å². The van der Waals surface area contributed by atoms with Crippen LogP contribution in [0.4, 0.5) is 0 Å². The van der Waals surface area contributed by atoms with E-state index in [1.165, 1.54) is 27.8 Å². The molecule has 118 valence electrons. The Morgan fingerprint density at radius 3 is 2.27 bits per heavy atom. The molecule has 2 heteroatoms. The zero-order chi connectivity index (χ0) is 16.1. The number of hydrogen-bond acceptors (Lipinski definition) is 2. The van der Waals surface area contributed by atoms with E-state index >= 15 is 0 Å². The van der Waals surface area contributed by atoms with Crippen LogP contribution in [0.25, 0.3) is 0 Å². The minimum Gasteiger partial charge on any atom is -0.493 e. The van der Waals surface area contributed by atoms with Crippen molar-refractivity contribution < 1.29 is 4.74 Å². The minimum absolute atomic E-state index is 0.355. The van der Waals surface area contributed by atoms with Gasteiger partial charge in [0.15, 0.2) is 0 Å². The summed E-state index contributed by atoms with van der Waals surface area (Å²) in [6, 6.07) is 12.8. The van der Waals surface area contributed by atoms with Crippen LogP contribution in [0.3, 0.4) is 0 Å². The van der Waals surface area contributed by atoms with Gasteiger partial charge in [-0.25, -0.2) is 0 Å². The van der Waals surface area contributed by atoms with Gasteiger partial charge < -0.3 is 10.5 Å². The predicted molar refractivity (Wildman–Crippen MR) is 93.7 cm³/mol. The summed E-state index contributed by atoms with van der Waals surface area (Å²) in [7, 11) is 0. The van der Waals surface area contributed by atoms with Crippen LogP contribution >= 0.6 is 0 Å². The van der Waals surface area contributed by atoms with Crippen LogP contribution in [0, 0.1) is 27.7 Å². The molecule has 0 aliphatic carbocycles. The molecule has 2 nitrogen and oxygen atoms in total. The van der Waals surface area contributed by atoms with Crippen molar-refractivity contribution in [2.24, 2.45) is 5.73 Å². The van der Waals surface area contributed by atoms with Crippen LogP contribution in [0.1, 0.15) is 40.2 Å². The maximum Gasteiger partial charge on any atom is 0.122 e. The Hall–Kier alpha value is -1.80. The molecule has 0 aliphatic heterocycles. The van der Waals surface area contributed by atoms with E-state index in [1.54, 1.807) is 0 Å². The maximum atomic E-state index is 6.01. The summed E-state index contributed by atoms with van der Waals surface area (Å²) in [6.45, 7) is 9.85. The Balaban J connectivity index is 2.01. The normalized spacial score (nSPS) is 12.2. The Morgan fingerprint density at radius 2 is 1.59 bits per heavy atom. The van der Waals surface area contributed by atoms with Crippen molar-refractivity contribution in [2.45, 2.75) is 40.0 Å². The molecule has 0 amide bonds. The first-order chi connectivity index (χ1) is 10.5. The van der Waals surface area contributed by atoms with Crippen LogP contribution in [0.15, 0.2) is 36.4 Å². The zero-order valence-electron chi connectivity index (χ0n) is 14.1. The quantitative estimate of drug-likeness (QED) is 0.856. The van der Waals surface area contributed by atoms with Gasteiger partial charge in [-0.1, -0.05) is 30.3 Å². The first-order valence-corrected chi connectivity index (χ1v) is 7.99. The topological polar surface area (TPSA) is 35.2 Å². The summed E-state index contributed by atoms with van der Waals surface area (Å²) < 4.78 is 6.01. The highest BCUT2D eigenvalue weighted by atomic mass is 16.5. The fraction of sp³-hybridized carbons (Fsp3) is 0.400. The van der Waals surface area contributed by atoms with Crippen molar-refractivity contribution >= 4 is 0 Å². The van der Waals surface area contributed by atoms with Crippen LogP contribution in [-0.2, 0) is 0 Å². The van der Waals surface area contributed by atoms with Gasteiger partial charge in [0.05, 0.1) is 6.61 Å². The number of aryl methyl sites for hydroxylation is 4. The van der Waals surface area contributed by atoms with Gasteiger partial charge in [0, 0.05) is 0 Å². The van der Waals surface area contributed by atoms with Gasteiger partial charge >= 0.3 is 0 Å². The van der Waals surface area contributed by atoms with Crippen molar-refractivity contribution in [3.05, 3.63) is 64.2 Å². The smallest absolute Gasteiger partial charge is 0.122 e. The van der Waals surface area contributed by atoms with Gasteiger partial charge in [0.2, 0.25) is 0 Å². The molecular formula is C20H27NO. The predicted octanol–water partition coefficient (Wildman–Crippen LogP) is 4.43. The number of rotatable bonds is 6. The fourth-order valence-electron chi connectivity index (χ4n) is 2.85. The summed E-state index contributed by atoms with van der Waals surface area (Å²) in [6.07, 6.45) is 0.938. The fourth-order valence-corrected chi connectivity index (χ4v) is 2.85. The average Bonchev–Trinajstić information content (AvgIpc) is 2.50. The molecule has 22 heavy (non-hydrogen) atoms. The standard InChI is InChI=1S/C20H27NO/c1-14-7-5-6-8-19(14)18(13-21)9-10-22-20-12-16(3)15(2)11-17(20)4/h5-8,11-12,18H,9-10,13,21H2,1-4H3. The summed E-state index contributed by atoms with van der Waals surface area (Å²) >= 11 is 0. The second kappa shape index (κ2) is 7.46. The molecule has 2 aromatic rings. The first kappa shape index (κ1) is 16.6. The van der Waals surface area contributed by atoms with E-state index in [2.05, 4.69) is 64.1 Å². The van der Waals surface area contributed by atoms with Gasteiger partial charge in [-0.05, 0) is 80.5 Å². The van der Waals surface area contributed by atoms with Crippen molar-refractivity contribution in [2.75, 3.05) is 13.2 Å². The molecule has 0 saturated heterocycles. The Labute approximate surface area is 134 Å². The van der Waals surface area contributed by atoms with E-state index in [4.69, 9.17) is 10.5 Å². The number of hydrogen-bond donors (Lipinski definition) is 1. The second-order valence-electron chi connectivity index (χ2n) is 6.13. The van der Waals surface area contributed by atoms with E-state index < -0.39 is 0 Å². The molecule has 2 N–H and O–H groups in total. The number of ether oxygens (including phenoxy) is 1. The van der Waals surface area contributed by atoms with Gasteiger partial charge in [0.25, 0.3) is 0 Å². The molecule has 2 rings (SSSR count). The Morgan fingerprint density at radius 1 is 0.909 bits per heavy atom. The highest BCUT2D eigenvalue weighted by molar-refractivity contribution is 5.40. The summed E-state index contributed by atoms with van der Waals surface area (Å²) in [5.74, 6) is 1.34. The van der Waals surface area contributed by atoms with Crippen LogP contribution in [0.5, 0.6) is 5.75 Å². The van der Waals surface area contributed by atoms with E-state index in [-0.39, 0.29) is 0 Å². The average molecular weight is 297 g/mol. The molecule has 0 bridgehead atoms. The lowest BCUT2D eigenvalue weighted by molar-refractivity contribution is 0.296. The van der Waals surface area contributed by atoms with E-state index in [0.29, 0.717) is 19.1 Å². The third-order valence-corrected chi connectivity index (χ3v) is 4.43. The number of nitrogens with two attached hydrogens (primary N) is 1. The molecule has 0 saturated carbocycles. The molecule has 0 radical (unpaired) electrons. The summed E-state index contributed by atoms with van der Waals surface area (Å²) in [5, 5.41) is 0. The highest BCUT2D eigenvalue weighted by Gasteiger charge is 2.12. The molecule has 0 fully saturated rings. The monoisotopic (exact) mass is 297 g/mol. The van der Waals surface area contributed by atoms with Crippen molar-refractivity contribution in [1.29, 1.82) is 0 Å². The minimum atomic E-state index is 0.355. The number of benzene rings is 2. The maximum absolute atomic E-state index is 6.01. The van der Waals surface area contributed by atoms with Crippen LogP contribution < -0.4 is 10.5 Å². The molecule has 1 atom stereocenters. The highest BCUT2D eigenvalue weighted by Crippen LogP contribution is 2.25. The van der Waals surface area contributed by atoms with Crippen molar-refractivity contribution in [3.8, 4) is 5.75 Å². The van der Waals surface area contributed by atoms with Crippen LogP contribution in [-0.4, -0.2) is 13.2 Å². The molecular weight excluding hydrogens is 270 g/mol. The molecule has 0 heterocycles. The largest absolute Gasteiger partial charge is 0.493 e. The van der Waals surface area contributed by atoms with Crippen molar-refractivity contribution in [3.63, 3.8) is 0 Å². The Kier molecular flexibility index (Phi) is 5.62. The zero-order valence-corrected chi connectivity index (χ0v) is 14.1. The van der Waals surface area contributed by atoms with Gasteiger partial charge in [-0.15, -0.1) is 0 Å².